The monoisotopic (exact) mass is 401 g/mol. The molecule has 2 aliphatic heterocycles. The average molecular weight is 402 g/mol. The molecule has 2 aliphatic rings. The van der Waals surface area contributed by atoms with Crippen molar-refractivity contribution in [2.45, 2.75) is 31.7 Å². The van der Waals surface area contributed by atoms with Gasteiger partial charge in [-0.2, -0.15) is 0 Å². The van der Waals surface area contributed by atoms with E-state index >= 15 is 0 Å². The van der Waals surface area contributed by atoms with E-state index in [0.29, 0.717) is 19.6 Å². The van der Waals surface area contributed by atoms with Crippen LogP contribution in [0.1, 0.15) is 47.2 Å². The van der Waals surface area contributed by atoms with E-state index in [1.807, 2.05) is 34.5 Å². The zero-order valence-electron chi connectivity index (χ0n) is 16.0. The predicted octanol–water partition coefficient (Wildman–Crippen LogP) is 3.15. The van der Waals surface area contributed by atoms with Crippen LogP contribution >= 0.6 is 11.3 Å². The van der Waals surface area contributed by atoms with E-state index in [-0.39, 0.29) is 23.8 Å². The van der Waals surface area contributed by atoms with Gasteiger partial charge in [0.05, 0.1) is 17.2 Å². The number of amides is 2. The molecule has 0 aliphatic carbocycles. The first-order valence-electron chi connectivity index (χ1n) is 10.1. The Morgan fingerprint density at radius 1 is 1.14 bits per heavy atom. The van der Waals surface area contributed by atoms with E-state index in [2.05, 4.69) is 10.2 Å². The summed E-state index contributed by atoms with van der Waals surface area (Å²) in [7, 11) is 0. The van der Waals surface area contributed by atoms with Crippen LogP contribution in [0.4, 0.5) is 0 Å². The van der Waals surface area contributed by atoms with Crippen molar-refractivity contribution < 1.29 is 14.0 Å². The first-order valence-corrected chi connectivity index (χ1v) is 11.0. The van der Waals surface area contributed by atoms with Gasteiger partial charge < -0.3 is 14.6 Å². The number of carbonyl (C=O) groups excluding carboxylic acids is 2. The molecular weight excluding hydrogens is 374 g/mol. The summed E-state index contributed by atoms with van der Waals surface area (Å²) in [5.41, 5.74) is 0. The smallest absolute Gasteiger partial charge is 0.263 e. The van der Waals surface area contributed by atoms with Gasteiger partial charge in [-0.25, -0.2) is 0 Å². The third-order valence-electron chi connectivity index (χ3n) is 5.81. The van der Waals surface area contributed by atoms with Crippen molar-refractivity contribution in [2.75, 3.05) is 32.7 Å². The van der Waals surface area contributed by atoms with Crippen molar-refractivity contribution in [3.8, 4) is 0 Å². The molecule has 28 heavy (non-hydrogen) atoms. The van der Waals surface area contributed by atoms with Crippen LogP contribution in [-0.2, 0) is 4.79 Å². The molecule has 4 heterocycles. The van der Waals surface area contributed by atoms with E-state index in [1.165, 1.54) is 24.2 Å². The number of furan rings is 1. The second kappa shape index (κ2) is 8.92. The van der Waals surface area contributed by atoms with Crippen LogP contribution < -0.4 is 5.32 Å². The van der Waals surface area contributed by atoms with Crippen molar-refractivity contribution in [2.24, 2.45) is 5.92 Å². The molecule has 6 nitrogen and oxygen atoms in total. The Morgan fingerprint density at radius 2 is 1.93 bits per heavy atom. The number of thiophene rings is 1. The zero-order chi connectivity index (χ0) is 19.3. The molecular formula is C21H27N3O3S. The second-order valence-corrected chi connectivity index (χ2v) is 8.51. The van der Waals surface area contributed by atoms with Gasteiger partial charge >= 0.3 is 0 Å². The van der Waals surface area contributed by atoms with E-state index in [9.17, 15) is 9.59 Å². The number of hydrogen-bond donors (Lipinski definition) is 1. The predicted molar refractivity (Wildman–Crippen MR) is 108 cm³/mol. The molecule has 2 saturated heterocycles. The van der Waals surface area contributed by atoms with Crippen molar-refractivity contribution in [3.05, 3.63) is 46.5 Å². The molecule has 0 spiro atoms. The Bertz CT molecular complexity index is 761. The first-order chi connectivity index (χ1) is 13.7. The molecule has 1 atom stereocenters. The van der Waals surface area contributed by atoms with Crippen LogP contribution in [0.15, 0.2) is 40.3 Å². The lowest BCUT2D eigenvalue weighted by Gasteiger charge is -2.32. The van der Waals surface area contributed by atoms with Crippen LogP contribution in [0, 0.1) is 5.92 Å². The summed E-state index contributed by atoms with van der Waals surface area (Å²) in [6.45, 7) is 3.95. The largest absolute Gasteiger partial charge is 0.468 e. The number of rotatable bonds is 6. The number of piperidine rings is 1. The minimum atomic E-state index is -0.0248. The Balaban J connectivity index is 1.28. The molecule has 4 rings (SSSR count). The van der Waals surface area contributed by atoms with Gasteiger partial charge in [0.2, 0.25) is 5.91 Å². The molecule has 1 N–H and O–H groups in total. The van der Waals surface area contributed by atoms with E-state index in [4.69, 9.17) is 4.42 Å². The lowest BCUT2D eigenvalue weighted by atomic mass is 9.95. The number of likely N-dealkylation sites (tertiary alicyclic amines) is 2. The Labute approximate surface area is 169 Å². The Hall–Kier alpha value is -2.12. The molecule has 2 amide bonds. The van der Waals surface area contributed by atoms with Gasteiger partial charge in [0.25, 0.3) is 5.91 Å². The van der Waals surface area contributed by atoms with Gasteiger partial charge in [-0.15, -0.1) is 11.3 Å². The summed E-state index contributed by atoms with van der Waals surface area (Å²) < 4.78 is 5.63. The Morgan fingerprint density at radius 3 is 2.57 bits per heavy atom. The minimum Gasteiger partial charge on any atom is -0.468 e. The number of hydrogen-bond acceptors (Lipinski definition) is 5. The fraction of sp³-hybridized carbons (Fsp3) is 0.524. The van der Waals surface area contributed by atoms with Gasteiger partial charge in [-0.05, 0) is 62.4 Å². The highest BCUT2D eigenvalue weighted by molar-refractivity contribution is 7.12. The van der Waals surface area contributed by atoms with Crippen molar-refractivity contribution in [1.29, 1.82) is 0 Å². The average Bonchev–Trinajstić information content (AvgIpc) is 3.51. The maximum Gasteiger partial charge on any atom is 0.263 e. The second-order valence-electron chi connectivity index (χ2n) is 7.56. The van der Waals surface area contributed by atoms with E-state index in [1.54, 1.807) is 6.26 Å². The molecule has 2 aromatic heterocycles. The van der Waals surface area contributed by atoms with Gasteiger partial charge in [-0.1, -0.05) is 6.07 Å². The quantitative estimate of drug-likeness (QED) is 0.808. The number of nitrogens with one attached hydrogen (secondary N) is 1. The third-order valence-corrected chi connectivity index (χ3v) is 6.67. The van der Waals surface area contributed by atoms with Crippen LogP contribution in [0.25, 0.3) is 0 Å². The van der Waals surface area contributed by atoms with Gasteiger partial charge in [-0.3, -0.25) is 14.5 Å². The van der Waals surface area contributed by atoms with E-state index in [0.717, 1.165) is 36.6 Å². The number of carbonyl (C=O) groups is 2. The Kier molecular flexibility index (Phi) is 6.12. The van der Waals surface area contributed by atoms with Crippen LogP contribution in [0.2, 0.25) is 0 Å². The summed E-state index contributed by atoms with van der Waals surface area (Å²) in [6.07, 6.45) is 5.53. The van der Waals surface area contributed by atoms with E-state index < -0.39 is 0 Å². The van der Waals surface area contributed by atoms with Crippen molar-refractivity contribution >= 4 is 23.2 Å². The molecule has 0 radical (unpaired) electrons. The van der Waals surface area contributed by atoms with Crippen LogP contribution in [0.5, 0.6) is 0 Å². The molecule has 0 bridgehead atoms. The SMILES string of the molecule is O=C(NC[C@@H](c1ccco1)N1CCCC1)C1CCN(C(=O)c2cccs2)CC1. The third kappa shape index (κ3) is 4.31. The lowest BCUT2D eigenvalue weighted by Crippen LogP contribution is -2.44. The van der Waals surface area contributed by atoms with Gasteiger partial charge in [0.15, 0.2) is 0 Å². The highest BCUT2D eigenvalue weighted by atomic mass is 32.1. The molecule has 0 unspecified atom stereocenters. The molecule has 2 aromatic rings. The molecule has 150 valence electrons. The summed E-state index contributed by atoms with van der Waals surface area (Å²) in [5, 5.41) is 5.07. The molecule has 0 saturated carbocycles. The topological polar surface area (TPSA) is 65.8 Å². The summed E-state index contributed by atoms with van der Waals surface area (Å²) in [6, 6.07) is 7.75. The van der Waals surface area contributed by atoms with Gasteiger partial charge in [0.1, 0.15) is 5.76 Å². The van der Waals surface area contributed by atoms with Crippen LogP contribution in [0.3, 0.4) is 0 Å². The first kappa shape index (κ1) is 19.2. The maximum atomic E-state index is 12.7. The van der Waals surface area contributed by atoms with Gasteiger partial charge in [0, 0.05) is 25.6 Å². The minimum absolute atomic E-state index is 0.0248. The van der Waals surface area contributed by atoms with Crippen LogP contribution in [-0.4, -0.2) is 54.3 Å². The summed E-state index contributed by atoms with van der Waals surface area (Å²) in [5.74, 6) is 1.07. The summed E-state index contributed by atoms with van der Waals surface area (Å²) >= 11 is 1.47. The zero-order valence-corrected chi connectivity index (χ0v) is 16.8. The highest BCUT2D eigenvalue weighted by Gasteiger charge is 2.30. The number of nitrogens with zero attached hydrogens (tertiary/aromatic N) is 2. The standard InChI is InChI=1S/C21H27N3O3S/c25-20(16-7-11-24(12-8-16)21(26)19-6-4-14-28-19)22-15-17(18-5-3-13-27-18)23-9-1-2-10-23/h3-6,13-14,16-17H,1-2,7-12,15H2,(H,22,25)/t17-/m0/s1. The molecule has 7 heteroatoms. The molecule has 0 aromatic carbocycles. The highest BCUT2D eigenvalue weighted by Crippen LogP contribution is 2.26. The molecule has 2 fully saturated rings. The fourth-order valence-corrected chi connectivity index (χ4v) is 4.88. The van der Waals surface area contributed by atoms with Crippen molar-refractivity contribution in [3.63, 3.8) is 0 Å². The fourth-order valence-electron chi connectivity index (χ4n) is 4.19. The van der Waals surface area contributed by atoms with Crippen molar-refractivity contribution in [1.82, 2.24) is 15.1 Å². The summed E-state index contributed by atoms with van der Waals surface area (Å²) in [4.78, 5) is 30.2. The lowest BCUT2D eigenvalue weighted by molar-refractivity contribution is -0.126. The maximum absolute atomic E-state index is 12.7. The normalized spacial score (nSPS) is 19.6.